The Morgan fingerprint density at radius 3 is 1.58 bits per heavy atom. The Balaban J connectivity index is 1.76. The van der Waals surface area contributed by atoms with Crippen molar-refractivity contribution in [2.45, 2.75) is 0 Å². The van der Waals surface area contributed by atoms with Gasteiger partial charge >= 0.3 is 31.2 Å². The molecule has 0 fully saturated rings. The van der Waals surface area contributed by atoms with Gasteiger partial charge in [-0.05, 0) is 23.8 Å². The fourth-order valence-corrected chi connectivity index (χ4v) is 5.20. The Kier molecular flexibility index (Phi) is 6.62. The second kappa shape index (κ2) is 9.03. The van der Waals surface area contributed by atoms with E-state index in [-0.39, 0.29) is 11.5 Å². The zero-order chi connectivity index (χ0) is 22.5. The Labute approximate surface area is 179 Å². The molecule has 3 aromatic rings. The topological polar surface area (TPSA) is 139 Å². The molecule has 0 amide bonds. The SMILES string of the molecule is O=S(=O)(Oc1ccccc1)OS(=O)(=O)OS(=O)(=O)Oc1ccccc1-c1ccccc1. The molecule has 164 valence electrons. The van der Waals surface area contributed by atoms with Crippen LogP contribution >= 0.6 is 0 Å². The van der Waals surface area contributed by atoms with Crippen LogP contribution in [0.2, 0.25) is 0 Å². The normalized spacial score (nSPS) is 12.3. The van der Waals surface area contributed by atoms with Crippen LogP contribution in [-0.4, -0.2) is 25.3 Å². The van der Waals surface area contributed by atoms with E-state index < -0.39 is 31.2 Å². The van der Waals surface area contributed by atoms with Gasteiger partial charge in [-0.15, -0.1) is 0 Å². The van der Waals surface area contributed by atoms with Gasteiger partial charge in [0.1, 0.15) is 5.75 Å². The van der Waals surface area contributed by atoms with Crippen molar-refractivity contribution in [1.82, 2.24) is 0 Å². The molecule has 31 heavy (non-hydrogen) atoms. The molecule has 0 atom stereocenters. The van der Waals surface area contributed by atoms with Crippen LogP contribution in [-0.2, 0) is 38.5 Å². The molecule has 0 saturated carbocycles. The van der Waals surface area contributed by atoms with Crippen LogP contribution in [0.1, 0.15) is 0 Å². The number of para-hydroxylation sites is 2. The summed E-state index contributed by atoms with van der Waals surface area (Å²) in [4.78, 5) is 0. The molecule has 0 heterocycles. The lowest BCUT2D eigenvalue weighted by Gasteiger charge is -2.11. The standard InChI is InChI=1S/C18H14O10S3/c19-29(20,25-16-11-5-2-6-12-16)27-31(23,24)28-30(21,22)26-18-14-8-7-13-17(18)15-9-3-1-4-10-15/h1-14H. The molecule has 3 aromatic carbocycles. The summed E-state index contributed by atoms with van der Waals surface area (Å²) in [5, 5.41) is 0. The molecule has 0 unspecified atom stereocenters. The smallest absolute Gasteiger partial charge is 0.361 e. The van der Waals surface area contributed by atoms with Gasteiger partial charge < -0.3 is 8.37 Å². The molecule has 0 bridgehead atoms. The van der Waals surface area contributed by atoms with Gasteiger partial charge in [-0.25, -0.2) is 0 Å². The summed E-state index contributed by atoms with van der Waals surface area (Å²) < 4.78 is 88.1. The fraction of sp³-hybridized carbons (Fsp3) is 0. The maximum atomic E-state index is 12.1. The van der Waals surface area contributed by atoms with Crippen LogP contribution in [0.3, 0.4) is 0 Å². The molecule has 0 aromatic heterocycles. The summed E-state index contributed by atoms with van der Waals surface area (Å²) in [6, 6.07) is 21.1. The quantitative estimate of drug-likeness (QED) is 0.443. The third-order valence-corrected chi connectivity index (χ3v) is 6.89. The van der Waals surface area contributed by atoms with E-state index in [0.717, 1.165) is 0 Å². The number of rotatable bonds is 9. The molecule has 13 heteroatoms. The monoisotopic (exact) mass is 486 g/mol. The summed E-state index contributed by atoms with van der Waals surface area (Å²) >= 11 is 0. The lowest BCUT2D eigenvalue weighted by atomic mass is 10.1. The van der Waals surface area contributed by atoms with E-state index in [2.05, 4.69) is 11.4 Å². The van der Waals surface area contributed by atoms with Gasteiger partial charge in [0.15, 0.2) is 5.75 Å². The molecular formula is C18H14O10S3. The van der Waals surface area contributed by atoms with Gasteiger partial charge in [0.2, 0.25) is 0 Å². The van der Waals surface area contributed by atoms with E-state index in [1.54, 1.807) is 42.5 Å². The summed E-state index contributed by atoms with van der Waals surface area (Å²) in [6.07, 6.45) is 0. The van der Waals surface area contributed by atoms with E-state index in [1.807, 2.05) is 0 Å². The first-order valence-corrected chi connectivity index (χ1v) is 12.3. The molecule has 3 rings (SSSR count). The molecule has 0 aliphatic rings. The number of hydrogen-bond acceptors (Lipinski definition) is 10. The van der Waals surface area contributed by atoms with Crippen LogP contribution in [0.5, 0.6) is 11.5 Å². The van der Waals surface area contributed by atoms with Gasteiger partial charge in [-0.1, -0.05) is 74.0 Å². The average Bonchev–Trinajstić information content (AvgIpc) is 2.67. The zero-order valence-electron chi connectivity index (χ0n) is 15.4. The largest absolute Gasteiger partial charge is 0.465 e. The Morgan fingerprint density at radius 2 is 0.968 bits per heavy atom. The number of hydrogen-bond donors (Lipinski definition) is 0. The first-order valence-electron chi connectivity index (χ1n) is 8.31. The third kappa shape index (κ3) is 6.77. The first-order chi connectivity index (χ1) is 14.6. The fourth-order valence-electron chi connectivity index (χ4n) is 2.34. The predicted octanol–water partition coefficient (Wildman–Crippen LogP) is 2.58. The lowest BCUT2D eigenvalue weighted by Crippen LogP contribution is -2.25. The molecule has 10 nitrogen and oxygen atoms in total. The highest BCUT2D eigenvalue weighted by Crippen LogP contribution is 2.31. The summed E-state index contributed by atoms with van der Waals surface area (Å²) in [6.45, 7) is 0. The van der Waals surface area contributed by atoms with Crippen LogP contribution < -0.4 is 8.37 Å². The second-order valence-electron chi connectivity index (χ2n) is 5.70. The van der Waals surface area contributed by atoms with Gasteiger partial charge in [0, 0.05) is 5.56 Å². The van der Waals surface area contributed by atoms with Crippen LogP contribution in [0.15, 0.2) is 84.9 Å². The molecule has 0 saturated heterocycles. The molecule has 0 aliphatic carbocycles. The second-order valence-corrected chi connectivity index (χ2v) is 9.57. The van der Waals surface area contributed by atoms with Crippen molar-refractivity contribution in [2.75, 3.05) is 0 Å². The number of benzene rings is 3. The predicted molar refractivity (Wildman–Crippen MR) is 109 cm³/mol. The highest BCUT2D eigenvalue weighted by Gasteiger charge is 2.33. The van der Waals surface area contributed by atoms with E-state index in [9.17, 15) is 25.3 Å². The van der Waals surface area contributed by atoms with E-state index in [0.29, 0.717) is 11.1 Å². The Morgan fingerprint density at radius 1 is 0.484 bits per heavy atom. The highest BCUT2D eigenvalue weighted by molar-refractivity contribution is 8.01. The Bertz CT molecular complexity index is 1350. The molecule has 0 radical (unpaired) electrons. The van der Waals surface area contributed by atoms with Crippen molar-refractivity contribution in [2.24, 2.45) is 0 Å². The Hall–Kier alpha value is -2.97. The first kappa shape index (κ1) is 22.7. The van der Waals surface area contributed by atoms with Gasteiger partial charge in [0.25, 0.3) is 0 Å². The van der Waals surface area contributed by atoms with Crippen LogP contribution in [0.25, 0.3) is 11.1 Å². The van der Waals surface area contributed by atoms with E-state index in [4.69, 9.17) is 4.18 Å². The van der Waals surface area contributed by atoms with E-state index >= 15 is 0 Å². The molecular weight excluding hydrogens is 472 g/mol. The lowest BCUT2D eigenvalue weighted by molar-refractivity contribution is 0.333. The zero-order valence-corrected chi connectivity index (χ0v) is 17.8. The van der Waals surface area contributed by atoms with Crippen molar-refractivity contribution in [3.05, 3.63) is 84.9 Å². The van der Waals surface area contributed by atoms with Gasteiger partial charge in [0.05, 0.1) is 0 Å². The van der Waals surface area contributed by atoms with Crippen molar-refractivity contribution in [1.29, 1.82) is 0 Å². The van der Waals surface area contributed by atoms with Crippen LogP contribution in [0, 0.1) is 0 Å². The van der Waals surface area contributed by atoms with E-state index in [1.165, 1.54) is 42.5 Å². The summed E-state index contributed by atoms with van der Waals surface area (Å²) in [7, 11) is -16.2. The molecule has 0 aliphatic heterocycles. The maximum Gasteiger partial charge on any atom is 0.465 e. The van der Waals surface area contributed by atoms with Crippen molar-refractivity contribution in [3.63, 3.8) is 0 Å². The highest BCUT2D eigenvalue weighted by atomic mass is 32.3. The van der Waals surface area contributed by atoms with Gasteiger partial charge in [-0.3, -0.25) is 0 Å². The summed E-state index contributed by atoms with van der Waals surface area (Å²) in [5.74, 6) is -0.527. The summed E-state index contributed by atoms with van der Waals surface area (Å²) in [5.41, 5.74) is 0.889. The minimum absolute atomic E-state index is 0.257. The average molecular weight is 487 g/mol. The minimum atomic E-state index is -5.64. The maximum absolute atomic E-state index is 12.1. The molecule has 0 N–H and O–H groups in total. The molecule has 0 spiro atoms. The van der Waals surface area contributed by atoms with Crippen molar-refractivity contribution >= 4 is 31.2 Å². The van der Waals surface area contributed by atoms with Crippen molar-refractivity contribution < 1.29 is 40.9 Å². The third-order valence-electron chi connectivity index (χ3n) is 3.44. The van der Waals surface area contributed by atoms with Gasteiger partial charge in [-0.2, -0.15) is 25.3 Å². The van der Waals surface area contributed by atoms with Crippen LogP contribution in [0.4, 0.5) is 0 Å². The minimum Gasteiger partial charge on any atom is -0.361 e. The van der Waals surface area contributed by atoms with Crippen molar-refractivity contribution in [3.8, 4) is 22.6 Å².